The lowest BCUT2D eigenvalue weighted by Gasteiger charge is -2.30. The number of amides is 1. The Morgan fingerprint density at radius 1 is 1.41 bits per heavy atom. The molecule has 2 aliphatic rings. The molecule has 1 saturated heterocycles. The van der Waals surface area contributed by atoms with Crippen LogP contribution in [0.3, 0.4) is 0 Å². The Morgan fingerprint density at radius 2 is 2.15 bits per heavy atom. The van der Waals surface area contributed by atoms with Crippen LogP contribution >= 0.6 is 0 Å². The predicted octanol–water partition coefficient (Wildman–Crippen LogP) is 2.74. The van der Waals surface area contributed by atoms with E-state index in [1.165, 1.54) is 11.6 Å². The second-order valence-electron chi connectivity index (χ2n) is 8.36. The molecule has 7 heteroatoms. The first-order chi connectivity index (χ1) is 12.7. The lowest BCUT2D eigenvalue weighted by Crippen LogP contribution is -2.41. The number of rotatable bonds is 4. The molecular weight excluding hydrogens is 347 g/mol. The number of halogens is 1. The van der Waals surface area contributed by atoms with E-state index in [9.17, 15) is 9.18 Å². The van der Waals surface area contributed by atoms with Crippen molar-refractivity contribution in [2.24, 2.45) is 11.1 Å². The van der Waals surface area contributed by atoms with Crippen molar-refractivity contribution < 1.29 is 13.9 Å². The predicted molar refractivity (Wildman–Crippen MR) is 101 cm³/mol. The van der Waals surface area contributed by atoms with Gasteiger partial charge in [0.2, 0.25) is 0 Å². The molecule has 1 fully saturated rings. The van der Waals surface area contributed by atoms with E-state index >= 15 is 0 Å². The van der Waals surface area contributed by atoms with Gasteiger partial charge in [-0.15, -0.1) is 0 Å². The van der Waals surface area contributed by atoms with Crippen LogP contribution in [0.4, 0.5) is 10.1 Å². The van der Waals surface area contributed by atoms with Gasteiger partial charge in [0.25, 0.3) is 5.91 Å². The number of hydrogen-bond donors (Lipinski definition) is 2. The van der Waals surface area contributed by atoms with E-state index in [-0.39, 0.29) is 17.0 Å². The van der Waals surface area contributed by atoms with Gasteiger partial charge in [-0.3, -0.25) is 4.79 Å². The molecule has 4 rings (SSSR count). The molecule has 3 N–H and O–H groups in total. The molecule has 0 bridgehead atoms. The molecule has 144 valence electrons. The summed E-state index contributed by atoms with van der Waals surface area (Å²) in [7, 11) is 0. The van der Waals surface area contributed by atoms with Crippen LogP contribution in [0.2, 0.25) is 0 Å². The molecule has 0 spiro atoms. The summed E-state index contributed by atoms with van der Waals surface area (Å²) in [5.41, 5.74) is 9.80. The summed E-state index contributed by atoms with van der Waals surface area (Å²) in [4.78, 5) is 11.8. The summed E-state index contributed by atoms with van der Waals surface area (Å²) in [5, 5.41) is 7.85. The van der Waals surface area contributed by atoms with Crippen molar-refractivity contribution in [2.75, 3.05) is 18.5 Å². The second-order valence-corrected chi connectivity index (χ2v) is 8.36. The number of nitrogens with zero attached hydrogens (tertiary/aromatic N) is 2. The number of carbonyl (C=O) groups excluding carboxylic acids is 1. The fraction of sp³-hybridized carbons (Fsp3) is 0.500. The van der Waals surface area contributed by atoms with E-state index in [0.717, 1.165) is 30.7 Å². The van der Waals surface area contributed by atoms with Crippen LogP contribution in [0.5, 0.6) is 0 Å². The monoisotopic (exact) mass is 372 g/mol. The molecule has 0 unspecified atom stereocenters. The van der Waals surface area contributed by atoms with Crippen LogP contribution < -0.4 is 11.1 Å². The van der Waals surface area contributed by atoms with E-state index in [1.54, 1.807) is 6.07 Å². The topological polar surface area (TPSA) is 82.2 Å². The van der Waals surface area contributed by atoms with E-state index in [2.05, 4.69) is 24.3 Å². The molecule has 1 amide bonds. The van der Waals surface area contributed by atoms with Crippen molar-refractivity contribution in [1.29, 1.82) is 0 Å². The Balaban J connectivity index is 1.82. The summed E-state index contributed by atoms with van der Waals surface area (Å²) in [5.74, 6) is -1.43. The maximum absolute atomic E-state index is 14.8. The summed E-state index contributed by atoms with van der Waals surface area (Å²) < 4.78 is 21.8. The first-order valence-electron chi connectivity index (χ1n) is 9.30. The Morgan fingerprint density at radius 3 is 2.78 bits per heavy atom. The summed E-state index contributed by atoms with van der Waals surface area (Å²) in [6.07, 6.45) is 2.96. The van der Waals surface area contributed by atoms with Gasteiger partial charge in [-0.05, 0) is 43.2 Å². The van der Waals surface area contributed by atoms with Gasteiger partial charge in [0.15, 0.2) is 0 Å². The fourth-order valence-corrected chi connectivity index (χ4v) is 3.95. The van der Waals surface area contributed by atoms with E-state index < -0.39 is 11.7 Å². The van der Waals surface area contributed by atoms with E-state index in [4.69, 9.17) is 10.5 Å². The molecule has 6 nitrogen and oxygen atoms in total. The zero-order chi connectivity index (χ0) is 19.3. The number of hydrogen-bond acceptors (Lipinski definition) is 4. The van der Waals surface area contributed by atoms with Crippen molar-refractivity contribution in [3.63, 3.8) is 0 Å². The average molecular weight is 372 g/mol. The third-order valence-electron chi connectivity index (χ3n) is 5.55. The van der Waals surface area contributed by atoms with Crippen molar-refractivity contribution >= 4 is 11.6 Å². The highest BCUT2D eigenvalue weighted by Crippen LogP contribution is 2.37. The lowest BCUT2D eigenvalue weighted by molar-refractivity contribution is 0.0210. The van der Waals surface area contributed by atoms with Crippen LogP contribution in [-0.4, -0.2) is 34.9 Å². The highest BCUT2D eigenvalue weighted by atomic mass is 19.1. The van der Waals surface area contributed by atoms with Crippen LogP contribution in [0.25, 0.3) is 5.69 Å². The highest BCUT2D eigenvalue weighted by molar-refractivity contribution is 5.99. The summed E-state index contributed by atoms with van der Waals surface area (Å²) in [6, 6.07) is 3.15. The van der Waals surface area contributed by atoms with Crippen molar-refractivity contribution in [3.8, 4) is 5.69 Å². The molecule has 1 aliphatic heterocycles. The lowest BCUT2D eigenvalue weighted by atomic mass is 9.76. The number of aromatic nitrogens is 2. The molecule has 0 atom stereocenters. The fourth-order valence-electron chi connectivity index (χ4n) is 3.95. The third-order valence-corrected chi connectivity index (χ3v) is 5.55. The van der Waals surface area contributed by atoms with Crippen molar-refractivity contribution in [2.45, 2.75) is 46.1 Å². The minimum Gasteiger partial charge on any atom is -0.377 e. The van der Waals surface area contributed by atoms with Crippen LogP contribution in [0.1, 0.15) is 47.6 Å². The molecular formula is C20H25FN4O2. The largest absolute Gasteiger partial charge is 0.377 e. The molecule has 2 heterocycles. The SMILES string of the molecule is Cc1nn(-c2cc(F)c(C(N)=O)c(NC3COC3)c2)c2c1CCC(C)(C)C2. The Kier molecular flexibility index (Phi) is 4.22. The Labute approximate surface area is 157 Å². The maximum Gasteiger partial charge on any atom is 0.253 e. The van der Waals surface area contributed by atoms with Gasteiger partial charge in [0.1, 0.15) is 5.82 Å². The maximum atomic E-state index is 14.8. The highest BCUT2D eigenvalue weighted by Gasteiger charge is 2.31. The van der Waals surface area contributed by atoms with Gasteiger partial charge in [-0.2, -0.15) is 5.10 Å². The second kappa shape index (κ2) is 6.34. The minimum absolute atomic E-state index is 0.0463. The minimum atomic E-state index is -0.790. The van der Waals surface area contributed by atoms with Crippen molar-refractivity contribution in [3.05, 3.63) is 40.5 Å². The zero-order valence-electron chi connectivity index (χ0n) is 15.9. The third kappa shape index (κ3) is 3.20. The molecule has 1 aliphatic carbocycles. The number of benzene rings is 1. The zero-order valence-corrected chi connectivity index (χ0v) is 15.9. The van der Waals surface area contributed by atoms with Gasteiger partial charge in [-0.25, -0.2) is 9.07 Å². The number of ether oxygens (including phenoxy) is 1. The number of anilines is 1. The smallest absolute Gasteiger partial charge is 0.253 e. The van der Waals surface area contributed by atoms with E-state index in [0.29, 0.717) is 24.6 Å². The number of aryl methyl sites for hydroxylation is 1. The summed E-state index contributed by atoms with van der Waals surface area (Å²) >= 11 is 0. The standard InChI is InChI=1S/C20H25FN4O2/c1-11-14-4-5-20(2,3)8-17(14)25(24-11)13-6-15(21)18(19(22)26)16(7-13)23-12-9-27-10-12/h6-7,12,23H,4-5,8-10H2,1-3H3,(H2,22,26). The first kappa shape index (κ1) is 18.0. The molecule has 1 aromatic heterocycles. The molecule has 27 heavy (non-hydrogen) atoms. The van der Waals surface area contributed by atoms with Crippen LogP contribution in [0, 0.1) is 18.2 Å². The van der Waals surface area contributed by atoms with Gasteiger partial charge in [-0.1, -0.05) is 13.8 Å². The van der Waals surface area contributed by atoms with E-state index in [1.807, 2.05) is 11.6 Å². The number of primary amides is 1. The van der Waals surface area contributed by atoms with Crippen LogP contribution in [0.15, 0.2) is 12.1 Å². The number of carbonyl (C=O) groups is 1. The average Bonchev–Trinajstić information content (AvgIpc) is 2.85. The number of nitrogens with two attached hydrogens (primary N) is 1. The number of nitrogens with one attached hydrogen (secondary N) is 1. The summed E-state index contributed by atoms with van der Waals surface area (Å²) in [6.45, 7) is 7.52. The normalized spacial score (nSPS) is 18.7. The van der Waals surface area contributed by atoms with Gasteiger partial charge < -0.3 is 15.8 Å². The van der Waals surface area contributed by atoms with Gasteiger partial charge in [0.05, 0.1) is 41.9 Å². The Bertz CT molecular complexity index is 915. The van der Waals surface area contributed by atoms with Crippen LogP contribution in [-0.2, 0) is 17.6 Å². The van der Waals surface area contributed by atoms with Gasteiger partial charge >= 0.3 is 0 Å². The van der Waals surface area contributed by atoms with Gasteiger partial charge in [0, 0.05) is 11.8 Å². The number of fused-ring (bicyclic) bond motifs is 1. The quantitative estimate of drug-likeness (QED) is 0.865. The molecule has 2 aromatic rings. The molecule has 0 saturated carbocycles. The Hall–Kier alpha value is -2.41. The molecule has 0 radical (unpaired) electrons. The van der Waals surface area contributed by atoms with Crippen molar-refractivity contribution in [1.82, 2.24) is 9.78 Å². The molecule has 1 aromatic carbocycles. The first-order valence-corrected chi connectivity index (χ1v) is 9.30.